The van der Waals surface area contributed by atoms with E-state index >= 15 is 0 Å². The zero-order chi connectivity index (χ0) is 15.5. The average molecular weight is 282 g/mol. The fourth-order valence-electron chi connectivity index (χ4n) is 1.48. The summed E-state index contributed by atoms with van der Waals surface area (Å²) >= 11 is 0. The molecule has 0 aliphatic rings. The number of carbonyl (C=O) groups excluding carboxylic acids is 1. The van der Waals surface area contributed by atoms with E-state index in [0.29, 0.717) is 0 Å². The molecule has 0 saturated heterocycles. The highest BCUT2D eigenvalue weighted by atomic mass is 19.1. The predicted molar refractivity (Wildman–Crippen MR) is 74.0 cm³/mol. The van der Waals surface area contributed by atoms with Crippen LogP contribution in [0.4, 0.5) is 10.1 Å². The van der Waals surface area contributed by atoms with Gasteiger partial charge in [-0.25, -0.2) is 9.18 Å². The molecule has 0 aliphatic carbocycles. The summed E-state index contributed by atoms with van der Waals surface area (Å²) in [7, 11) is 0. The predicted octanol–water partition coefficient (Wildman–Crippen LogP) is 2.23. The molecule has 1 aromatic carbocycles. The minimum atomic E-state index is -1.35. The van der Waals surface area contributed by atoms with Gasteiger partial charge in [0.05, 0.1) is 5.56 Å². The number of anilines is 1. The number of nitrogens with two attached hydrogens (primary N) is 1. The second-order valence-corrected chi connectivity index (χ2v) is 5.72. The first kappa shape index (κ1) is 16.1. The quantitative estimate of drug-likeness (QED) is 0.789. The van der Waals surface area contributed by atoms with Gasteiger partial charge in [-0.2, -0.15) is 0 Å². The number of hydrogen-bond acceptors (Lipinski definition) is 3. The van der Waals surface area contributed by atoms with Gasteiger partial charge in [-0.15, -0.1) is 0 Å². The van der Waals surface area contributed by atoms with E-state index in [1.54, 1.807) is 0 Å². The lowest BCUT2D eigenvalue weighted by Gasteiger charge is -2.26. The van der Waals surface area contributed by atoms with E-state index in [2.05, 4.69) is 5.32 Å². The Morgan fingerprint density at radius 3 is 2.45 bits per heavy atom. The van der Waals surface area contributed by atoms with Gasteiger partial charge in [0.25, 0.3) is 0 Å². The van der Waals surface area contributed by atoms with E-state index < -0.39 is 17.3 Å². The largest absolute Gasteiger partial charge is 0.478 e. The molecule has 5 nitrogen and oxygen atoms in total. The molecule has 1 amide bonds. The number of benzene rings is 1. The molecule has 1 rings (SSSR count). The average Bonchev–Trinajstić information content (AvgIpc) is 2.26. The van der Waals surface area contributed by atoms with Crippen LogP contribution >= 0.6 is 0 Å². The van der Waals surface area contributed by atoms with Crippen molar-refractivity contribution < 1.29 is 19.1 Å². The summed E-state index contributed by atoms with van der Waals surface area (Å²) in [6.07, 6.45) is 0.103. The third-order valence-electron chi connectivity index (χ3n) is 3.00. The summed E-state index contributed by atoms with van der Waals surface area (Å²) in [4.78, 5) is 22.4. The van der Waals surface area contributed by atoms with E-state index in [1.165, 1.54) is 6.07 Å². The van der Waals surface area contributed by atoms with Crippen LogP contribution in [0.2, 0.25) is 0 Å². The lowest BCUT2D eigenvalue weighted by molar-refractivity contribution is -0.117. The van der Waals surface area contributed by atoms with Gasteiger partial charge in [0.1, 0.15) is 5.82 Å². The summed E-state index contributed by atoms with van der Waals surface area (Å²) < 4.78 is 13.4. The van der Waals surface area contributed by atoms with Crippen LogP contribution in [0, 0.1) is 11.2 Å². The molecule has 0 spiro atoms. The van der Waals surface area contributed by atoms with Gasteiger partial charge < -0.3 is 16.2 Å². The monoisotopic (exact) mass is 282 g/mol. The van der Waals surface area contributed by atoms with Gasteiger partial charge in [0.2, 0.25) is 5.91 Å². The Bertz CT molecular complexity index is 524. The van der Waals surface area contributed by atoms with E-state index in [1.807, 2.05) is 20.8 Å². The van der Waals surface area contributed by atoms with E-state index in [4.69, 9.17) is 10.8 Å². The fourth-order valence-corrected chi connectivity index (χ4v) is 1.48. The van der Waals surface area contributed by atoms with Crippen molar-refractivity contribution in [2.24, 2.45) is 11.1 Å². The van der Waals surface area contributed by atoms with Crippen molar-refractivity contribution in [2.45, 2.75) is 33.2 Å². The number of carboxylic acids is 1. The van der Waals surface area contributed by atoms with E-state index in [0.717, 1.165) is 12.1 Å². The van der Waals surface area contributed by atoms with Crippen LogP contribution < -0.4 is 11.1 Å². The molecule has 1 aromatic rings. The lowest BCUT2D eigenvalue weighted by atomic mass is 9.85. The number of carboxylic acid groups (broad SMARTS) is 1. The first-order valence-corrected chi connectivity index (χ1v) is 6.19. The molecule has 1 atom stereocenters. The van der Waals surface area contributed by atoms with Crippen LogP contribution in [0.3, 0.4) is 0 Å². The molecule has 0 aliphatic heterocycles. The minimum Gasteiger partial charge on any atom is -0.478 e. The zero-order valence-corrected chi connectivity index (χ0v) is 11.7. The van der Waals surface area contributed by atoms with Crippen LogP contribution in [0.15, 0.2) is 18.2 Å². The van der Waals surface area contributed by atoms with Gasteiger partial charge in [-0.05, 0) is 23.6 Å². The Hall–Kier alpha value is -1.95. The normalized spacial score (nSPS) is 12.8. The maximum Gasteiger partial charge on any atom is 0.338 e. The third kappa shape index (κ3) is 4.31. The summed E-state index contributed by atoms with van der Waals surface area (Å²) in [5.41, 5.74) is 5.45. The van der Waals surface area contributed by atoms with Crippen molar-refractivity contribution in [3.05, 3.63) is 29.6 Å². The van der Waals surface area contributed by atoms with Gasteiger partial charge in [0, 0.05) is 18.2 Å². The Morgan fingerprint density at radius 1 is 1.40 bits per heavy atom. The van der Waals surface area contributed by atoms with Crippen molar-refractivity contribution in [1.82, 2.24) is 0 Å². The third-order valence-corrected chi connectivity index (χ3v) is 3.00. The van der Waals surface area contributed by atoms with Crippen LogP contribution in [0.25, 0.3) is 0 Å². The van der Waals surface area contributed by atoms with Gasteiger partial charge in [-0.1, -0.05) is 20.8 Å². The number of halogens is 1. The Balaban J connectivity index is 2.72. The van der Waals surface area contributed by atoms with Gasteiger partial charge in [0.15, 0.2) is 0 Å². The van der Waals surface area contributed by atoms with Crippen LogP contribution in [0.5, 0.6) is 0 Å². The number of rotatable bonds is 4. The molecule has 0 heterocycles. The number of aromatic carboxylic acids is 1. The first-order chi connectivity index (χ1) is 9.11. The molecule has 0 aromatic heterocycles. The summed E-state index contributed by atoms with van der Waals surface area (Å²) in [5, 5.41) is 11.2. The van der Waals surface area contributed by atoms with Crippen molar-refractivity contribution in [3.63, 3.8) is 0 Å². The topological polar surface area (TPSA) is 92.4 Å². The Labute approximate surface area is 117 Å². The molecular formula is C14H19FN2O3. The summed E-state index contributed by atoms with van der Waals surface area (Å²) in [6, 6.07) is 3.10. The maximum atomic E-state index is 13.4. The number of amides is 1. The molecule has 6 heteroatoms. The highest BCUT2D eigenvalue weighted by molar-refractivity contribution is 5.92. The minimum absolute atomic E-state index is 0.103. The van der Waals surface area contributed by atoms with Gasteiger partial charge >= 0.3 is 5.97 Å². The van der Waals surface area contributed by atoms with E-state index in [-0.39, 0.29) is 29.5 Å². The molecule has 20 heavy (non-hydrogen) atoms. The smallest absolute Gasteiger partial charge is 0.338 e. The standard InChI is InChI=1S/C14H19FN2O3/c1-14(2,3)11(16)7-12(18)17-8-4-5-9(13(19)20)10(15)6-8/h4-6,11H,7,16H2,1-3H3,(H,17,18)(H,19,20). The fraction of sp³-hybridized carbons (Fsp3) is 0.429. The van der Waals surface area contributed by atoms with Crippen molar-refractivity contribution in [1.29, 1.82) is 0 Å². The highest BCUT2D eigenvalue weighted by Gasteiger charge is 2.23. The van der Waals surface area contributed by atoms with Gasteiger partial charge in [-0.3, -0.25) is 4.79 Å². The molecule has 0 saturated carbocycles. The summed E-state index contributed by atoms with van der Waals surface area (Å²) in [5.74, 6) is -2.58. The number of carbonyl (C=O) groups is 2. The van der Waals surface area contributed by atoms with Crippen LogP contribution in [0.1, 0.15) is 37.6 Å². The molecular weight excluding hydrogens is 263 g/mol. The summed E-state index contributed by atoms with van der Waals surface area (Å²) in [6.45, 7) is 5.77. The van der Waals surface area contributed by atoms with E-state index in [9.17, 15) is 14.0 Å². The highest BCUT2D eigenvalue weighted by Crippen LogP contribution is 2.21. The second-order valence-electron chi connectivity index (χ2n) is 5.72. The molecule has 0 bridgehead atoms. The Kier molecular flexibility index (Phi) is 4.83. The van der Waals surface area contributed by atoms with Crippen molar-refractivity contribution in [3.8, 4) is 0 Å². The van der Waals surface area contributed by atoms with Crippen LogP contribution in [-0.2, 0) is 4.79 Å². The first-order valence-electron chi connectivity index (χ1n) is 6.19. The van der Waals surface area contributed by atoms with Crippen LogP contribution in [-0.4, -0.2) is 23.0 Å². The van der Waals surface area contributed by atoms with Crippen molar-refractivity contribution in [2.75, 3.05) is 5.32 Å². The Morgan fingerprint density at radius 2 is 2.00 bits per heavy atom. The second kappa shape index (κ2) is 6.00. The lowest BCUT2D eigenvalue weighted by Crippen LogP contribution is -2.38. The number of nitrogens with one attached hydrogen (secondary N) is 1. The molecule has 0 fully saturated rings. The maximum absolute atomic E-state index is 13.4. The SMILES string of the molecule is CC(C)(C)C(N)CC(=O)Nc1ccc(C(=O)O)c(F)c1. The number of hydrogen-bond donors (Lipinski definition) is 3. The zero-order valence-electron chi connectivity index (χ0n) is 11.7. The molecule has 0 radical (unpaired) electrons. The molecule has 110 valence electrons. The molecule has 1 unspecified atom stereocenters. The molecule has 4 N–H and O–H groups in total. The van der Waals surface area contributed by atoms with Crippen molar-refractivity contribution >= 4 is 17.6 Å².